The topological polar surface area (TPSA) is 36.3 Å². The first-order chi connectivity index (χ1) is 16.2. The van der Waals surface area contributed by atoms with Gasteiger partial charge in [0.25, 0.3) is 0 Å². The van der Waals surface area contributed by atoms with Crippen LogP contribution < -0.4 is 5.32 Å². The minimum atomic E-state index is 0.559. The number of nitrogens with one attached hydrogen (secondary N) is 1. The zero-order valence-electron chi connectivity index (χ0n) is 18.9. The highest BCUT2D eigenvalue weighted by Crippen LogP contribution is 2.26. The van der Waals surface area contributed by atoms with E-state index in [9.17, 15) is 0 Å². The number of aromatic nitrogens is 2. The van der Waals surface area contributed by atoms with Crippen LogP contribution in [0, 0.1) is 13.8 Å². The molecule has 1 fully saturated rings. The molecule has 4 rings (SSSR count). The Hall–Kier alpha value is -1.54. The standard InChI is InChI=1S/C24H25Cl4N5S/c1-15-23(16(2)33(30-15)14-18-4-6-20(26)12-22(18)28)29-24(34)32-9-7-31(8-10-32)13-17-3-5-19(25)11-21(17)27/h3-6,11-12H,7-10,13-14H2,1-2H3,(H,29,34). The summed E-state index contributed by atoms with van der Waals surface area (Å²) >= 11 is 30.5. The van der Waals surface area contributed by atoms with E-state index in [0.29, 0.717) is 31.7 Å². The molecule has 1 N–H and O–H groups in total. The third-order valence-electron chi connectivity index (χ3n) is 6.02. The van der Waals surface area contributed by atoms with Gasteiger partial charge in [-0.1, -0.05) is 58.5 Å². The first-order valence-electron chi connectivity index (χ1n) is 10.9. The molecule has 1 aliphatic heterocycles. The molecule has 34 heavy (non-hydrogen) atoms. The monoisotopic (exact) mass is 555 g/mol. The fourth-order valence-electron chi connectivity index (χ4n) is 4.03. The van der Waals surface area contributed by atoms with Crippen molar-refractivity contribution in [2.75, 3.05) is 31.5 Å². The highest BCUT2D eigenvalue weighted by Gasteiger charge is 2.22. The Morgan fingerprint density at radius 2 is 1.44 bits per heavy atom. The van der Waals surface area contributed by atoms with E-state index in [0.717, 1.165) is 60.9 Å². The summed E-state index contributed by atoms with van der Waals surface area (Å²) in [5.74, 6) is 0. The van der Waals surface area contributed by atoms with Gasteiger partial charge in [-0.05, 0) is 61.5 Å². The second-order valence-corrected chi connectivity index (χ2v) is 10.4. The van der Waals surface area contributed by atoms with Gasteiger partial charge in [0.15, 0.2) is 5.11 Å². The number of nitrogens with zero attached hydrogens (tertiary/aromatic N) is 4. The second kappa shape index (κ2) is 11.0. The molecule has 3 aromatic rings. The van der Waals surface area contributed by atoms with E-state index >= 15 is 0 Å². The van der Waals surface area contributed by atoms with Crippen LogP contribution in [0.3, 0.4) is 0 Å². The van der Waals surface area contributed by atoms with E-state index in [1.807, 2.05) is 42.8 Å². The summed E-state index contributed by atoms with van der Waals surface area (Å²) in [5.41, 5.74) is 4.87. The first-order valence-corrected chi connectivity index (χ1v) is 12.8. The second-order valence-electron chi connectivity index (χ2n) is 8.37. The molecule has 5 nitrogen and oxygen atoms in total. The van der Waals surface area contributed by atoms with Gasteiger partial charge < -0.3 is 10.2 Å². The molecule has 0 aliphatic carbocycles. The van der Waals surface area contributed by atoms with Crippen molar-refractivity contribution < 1.29 is 0 Å². The fourth-order valence-corrected chi connectivity index (χ4v) is 5.25. The molecule has 0 bridgehead atoms. The molecule has 0 amide bonds. The third kappa shape index (κ3) is 5.99. The van der Waals surface area contributed by atoms with Crippen LogP contribution in [-0.4, -0.2) is 50.9 Å². The summed E-state index contributed by atoms with van der Waals surface area (Å²) < 4.78 is 1.93. The van der Waals surface area contributed by atoms with Gasteiger partial charge in [0.05, 0.1) is 23.6 Å². The average molecular weight is 557 g/mol. The molecule has 0 radical (unpaired) electrons. The van der Waals surface area contributed by atoms with Crippen molar-refractivity contribution in [2.24, 2.45) is 0 Å². The van der Waals surface area contributed by atoms with Crippen molar-refractivity contribution in [1.29, 1.82) is 0 Å². The van der Waals surface area contributed by atoms with Crippen LogP contribution in [0.15, 0.2) is 36.4 Å². The quantitative estimate of drug-likeness (QED) is 0.355. The van der Waals surface area contributed by atoms with Gasteiger partial charge in [0.2, 0.25) is 0 Å². The van der Waals surface area contributed by atoms with Crippen molar-refractivity contribution in [3.05, 3.63) is 79.0 Å². The fraction of sp³-hybridized carbons (Fsp3) is 0.333. The Morgan fingerprint density at radius 3 is 2.00 bits per heavy atom. The third-order valence-corrected chi connectivity index (χ3v) is 7.55. The van der Waals surface area contributed by atoms with Crippen LogP contribution >= 0.6 is 58.6 Å². The van der Waals surface area contributed by atoms with Crippen molar-refractivity contribution >= 4 is 69.4 Å². The maximum atomic E-state index is 6.36. The highest BCUT2D eigenvalue weighted by atomic mass is 35.5. The molecule has 1 aromatic heterocycles. The van der Waals surface area contributed by atoms with Gasteiger partial charge in [-0.3, -0.25) is 9.58 Å². The Bertz CT molecular complexity index is 1200. The zero-order valence-corrected chi connectivity index (χ0v) is 22.8. The number of piperazine rings is 1. The summed E-state index contributed by atoms with van der Waals surface area (Å²) in [4.78, 5) is 4.57. The predicted octanol–water partition coefficient (Wildman–Crippen LogP) is 6.68. The molecule has 2 aromatic carbocycles. The van der Waals surface area contributed by atoms with Crippen LogP contribution in [0.1, 0.15) is 22.5 Å². The summed E-state index contributed by atoms with van der Waals surface area (Å²) in [6.45, 7) is 8.83. The van der Waals surface area contributed by atoms with Gasteiger partial charge in [-0.2, -0.15) is 5.10 Å². The number of rotatable bonds is 5. The van der Waals surface area contributed by atoms with Gasteiger partial charge >= 0.3 is 0 Å². The number of hydrogen-bond donors (Lipinski definition) is 1. The minimum absolute atomic E-state index is 0.559. The number of benzene rings is 2. The summed E-state index contributed by atoms with van der Waals surface area (Å²) in [6, 6.07) is 11.2. The summed E-state index contributed by atoms with van der Waals surface area (Å²) in [5, 5.41) is 11.4. The molecular weight excluding hydrogens is 532 g/mol. The number of thiocarbonyl (C=S) groups is 1. The highest BCUT2D eigenvalue weighted by molar-refractivity contribution is 7.80. The van der Waals surface area contributed by atoms with Gasteiger partial charge in [0, 0.05) is 52.8 Å². The van der Waals surface area contributed by atoms with Gasteiger partial charge in [-0.25, -0.2) is 0 Å². The maximum Gasteiger partial charge on any atom is 0.173 e. The number of aryl methyl sites for hydroxylation is 1. The molecule has 1 aliphatic rings. The normalized spacial score (nSPS) is 14.5. The SMILES string of the molecule is Cc1nn(Cc2ccc(Cl)cc2Cl)c(C)c1NC(=S)N1CCN(Cc2ccc(Cl)cc2Cl)CC1. The first kappa shape index (κ1) is 25.5. The molecule has 0 saturated carbocycles. The van der Waals surface area contributed by atoms with Gasteiger partial charge in [-0.15, -0.1) is 0 Å². The van der Waals surface area contributed by atoms with Crippen molar-refractivity contribution in [1.82, 2.24) is 19.6 Å². The van der Waals surface area contributed by atoms with Crippen molar-refractivity contribution in [3.8, 4) is 0 Å². The van der Waals surface area contributed by atoms with Crippen LogP contribution in [0.5, 0.6) is 0 Å². The number of halogens is 4. The lowest BCUT2D eigenvalue weighted by atomic mass is 10.2. The van der Waals surface area contributed by atoms with Crippen molar-refractivity contribution in [3.63, 3.8) is 0 Å². The molecule has 0 unspecified atom stereocenters. The Labute approximate surface area is 225 Å². The minimum Gasteiger partial charge on any atom is -0.346 e. The summed E-state index contributed by atoms with van der Waals surface area (Å²) in [6.07, 6.45) is 0. The Morgan fingerprint density at radius 1 is 0.882 bits per heavy atom. The summed E-state index contributed by atoms with van der Waals surface area (Å²) in [7, 11) is 0. The van der Waals surface area contributed by atoms with E-state index in [4.69, 9.17) is 63.7 Å². The van der Waals surface area contributed by atoms with Gasteiger partial charge in [0.1, 0.15) is 0 Å². The van der Waals surface area contributed by atoms with E-state index in [1.165, 1.54) is 0 Å². The smallest absolute Gasteiger partial charge is 0.173 e. The molecule has 180 valence electrons. The van der Waals surface area contributed by atoms with Crippen LogP contribution in [0.25, 0.3) is 0 Å². The van der Waals surface area contributed by atoms with Crippen molar-refractivity contribution in [2.45, 2.75) is 26.9 Å². The van der Waals surface area contributed by atoms with Crippen LogP contribution in [0.4, 0.5) is 5.69 Å². The average Bonchev–Trinajstić information content (AvgIpc) is 3.05. The van der Waals surface area contributed by atoms with E-state index < -0.39 is 0 Å². The molecule has 10 heteroatoms. The Balaban J connectivity index is 1.36. The number of hydrogen-bond acceptors (Lipinski definition) is 3. The zero-order chi connectivity index (χ0) is 24.4. The lowest BCUT2D eigenvalue weighted by Crippen LogP contribution is -2.49. The number of anilines is 1. The van der Waals surface area contributed by atoms with E-state index in [2.05, 4.69) is 15.1 Å². The molecule has 2 heterocycles. The van der Waals surface area contributed by atoms with E-state index in [-0.39, 0.29) is 0 Å². The molecular formula is C24H25Cl4N5S. The molecule has 0 spiro atoms. The van der Waals surface area contributed by atoms with Crippen LogP contribution in [-0.2, 0) is 13.1 Å². The Kier molecular flexibility index (Phi) is 8.28. The largest absolute Gasteiger partial charge is 0.346 e. The van der Waals surface area contributed by atoms with Crippen LogP contribution in [0.2, 0.25) is 20.1 Å². The lowest BCUT2D eigenvalue weighted by molar-refractivity contribution is 0.177. The molecule has 0 atom stereocenters. The lowest BCUT2D eigenvalue weighted by Gasteiger charge is -2.36. The molecule has 1 saturated heterocycles. The van der Waals surface area contributed by atoms with E-state index in [1.54, 1.807) is 12.1 Å². The maximum absolute atomic E-state index is 6.36. The predicted molar refractivity (Wildman–Crippen MR) is 147 cm³/mol.